The number of amides is 2. The molecule has 3 nitrogen and oxygen atoms in total. The molecule has 0 aliphatic carbocycles. The first-order valence-electron chi connectivity index (χ1n) is 6.42. The first kappa shape index (κ1) is 13.4. The van der Waals surface area contributed by atoms with Gasteiger partial charge >= 0.3 is 6.03 Å². The van der Waals surface area contributed by atoms with Gasteiger partial charge in [0.25, 0.3) is 0 Å². The zero-order valence-electron chi connectivity index (χ0n) is 10.7. The zero-order chi connectivity index (χ0) is 13.0. The van der Waals surface area contributed by atoms with E-state index in [4.69, 9.17) is 0 Å². The minimum absolute atomic E-state index is 0.0600. The number of carbonyl (C=O) groups excluding carboxylic acids is 1. The minimum Gasteiger partial charge on any atom is -0.334 e. The van der Waals surface area contributed by atoms with Crippen molar-refractivity contribution < 1.29 is 4.79 Å². The standard InChI is InChI=1S/C14H19BrN2O/c1-11-6-8-17(9-7-11)14(18)16-10-12-2-4-13(15)5-3-12/h2-5,11H,6-10H2,1H3,(H,16,18). The number of carbonyl (C=O) groups is 1. The number of likely N-dealkylation sites (tertiary alicyclic amines) is 1. The van der Waals surface area contributed by atoms with E-state index in [0.717, 1.165) is 41.9 Å². The summed E-state index contributed by atoms with van der Waals surface area (Å²) in [6.45, 7) is 4.61. The number of hydrogen-bond donors (Lipinski definition) is 1. The predicted molar refractivity (Wildman–Crippen MR) is 76.3 cm³/mol. The molecule has 1 N–H and O–H groups in total. The Bertz CT molecular complexity index is 397. The number of nitrogens with zero attached hydrogens (tertiary/aromatic N) is 1. The van der Waals surface area contributed by atoms with Gasteiger partial charge in [-0.05, 0) is 36.5 Å². The highest BCUT2D eigenvalue weighted by Gasteiger charge is 2.19. The number of nitrogens with one attached hydrogen (secondary N) is 1. The van der Waals surface area contributed by atoms with Gasteiger partial charge in [0, 0.05) is 24.1 Å². The van der Waals surface area contributed by atoms with Crippen LogP contribution < -0.4 is 5.32 Å². The van der Waals surface area contributed by atoms with Crippen LogP contribution in [-0.4, -0.2) is 24.0 Å². The lowest BCUT2D eigenvalue weighted by Gasteiger charge is -2.30. The number of rotatable bonds is 2. The quantitative estimate of drug-likeness (QED) is 0.892. The van der Waals surface area contributed by atoms with Crippen LogP contribution in [-0.2, 0) is 6.54 Å². The Labute approximate surface area is 117 Å². The highest BCUT2D eigenvalue weighted by atomic mass is 79.9. The van der Waals surface area contributed by atoms with Crippen molar-refractivity contribution in [2.24, 2.45) is 5.92 Å². The van der Waals surface area contributed by atoms with E-state index in [1.54, 1.807) is 0 Å². The molecule has 0 bridgehead atoms. The highest BCUT2D eigenvalue weighted by molar-refractivity contribution is 9.10. The molecular weight excluding hydrogens is 292 g/mol. The van der Waals surface area contributed by atoms with Gasteiger partial charge in [-0.1, -0.05) is 35.0 Å². The van der Waals surface area contributed by atoms with Crippen molar-refractivity contribution in [2.45, 2.75) is 26.3 Å². The third-order valence-electron chi connectivity index (χ3n) is 3.43. The summed E-state index contributed by atoms with van der Waals surface area (Å²) < 4.78 is 1.06. The molecule has 0 saturated carbocycles. The Morgan fingerprint density at radius 2 is 1.94 bits per heavy atom. The molecule has 0 unspecified atom stereocenters. The van der Waals surface area contributed by atoms with Gasteiger partial charge in [-0.2, -0.15) is 0 Å². The van der Waals surface area contributed by atoms with Gasteiger partial charge in [-0.25, -0.2) is 4.79 Å². The van der Waals surface area contributed by atoms with Gasteiger partial charge in [-0.3, -0.25) is 0 Å². The van der Waals surface area contributed by atoms with E-state index >= 15 is 0 Å². The van der Waals surface area contributed by atoms with Crippen LogP contribution in [0.25, 0.3) is 0 Å². The summed E-state index contributed by atoms with van der Waals surface area (Å²) >= 11 is 3.40. The monoisotopic (exact) mass is 310 g/mol. The summed E-state index contributed by atoms with van der Waals surface area (Å²) in [5.41, 5.74) is 1.12. The lowest BCUT2D eigenvalue weighted by molar-refractivity contribution is 0.173. The Kier molecular flexibility index (Phi) is 4.64. The van der Waals surface area contributed by atoms with Crippen molar-refractivity contribution in [3.63, 3.8) is 0 Å². The number of benzene rings is 1. The van der Waals surface area contributed by atoms with E-state index in [2.05, 4.69) is 28.2 Å². The van der Waals surface area contributed by atoms with E-state index in [9.17, 15) is 4.79 Å². The fourth-order valence-corrected chi connectivity index (χ4v) is 2.37. The second kappa shape index (κ2) is 6.23. The van der Waals surface area contributed by atoms with Gasteiger partial charge in [0.05, 0.1) is 0 Å². The number of halogens is 1. The smallest absolute Gasteiger partial charge is 0.317 e. The molecule has 1 heterocycles. The van der Waals surface area contributed by atoms with Gasteiger partial charge in [0.2, 0.25) is 0 Å². The maximum absolute atomic E-state index is 12.0. The fourth-order valence-electron chi connectivity index (χ4n) is 2.10. The molecule has 0 spiro atoms. The minimum atomic E-state index is 0.0600. The summed E-state index contributed by atoms with van der Waals surface area (Å²) in [5.74, 6) is 0.750. The van der Waals surface area contributed by atoms with E-state index in [0.29, 0.717) is 6.54 Å². The van der Waals surface area contributed by atoms with Gasteiger partial charge < -0.3 is 10.2 Å². The maximum Gasteiger partial charge on any atom is 0.317 e. The summed E-state index contributed by atoms with van der Waals surface area (Å²) in [7, 11) is 0. The molecule has 18 heavy (non-hydrogen) atoms. The highest BCUT2D eigenvalue weighted by Crippen LogP contribution is 2.16. The largest absolute Gasteiger partial charge is 0.334 e. The van der Waals surface area contributed by atoms with E-state index in [1.165, 1.54) is 0 Å². The van der Waals surface area contributed by atoms with Gasteiger partial charge in [-0.15, -0.1) is 0 Å². The molecule has 0 radical (unpaired) electrons. The second-order valence-electron chi connectivity index (χ2n) is 4.95. The predicted octanol–water partition coefficient (Wildman–Crippen LogP) is 3.39. The molecule has 1 aromatic rings. The maximum atomic E-state index is 12.0. The second-order valence-corrected chi connectivity index (χ2v) is 5.87. The summed E-state index contributed by atoms with van der Waals surface area (Å²) in [6.07, 6.45) is 2.23. The lowest BCUT2D eigenvalue weighted by atomic mass is 10.00. The molecule has 1 saturated heterocycles. The third kappa shape index (κ3) is 3.73. The molecule has 0 atom stereocenters. The van der Waals surface area contributed by atoms with Crippen LogP contribution >= 0.6 is 15.9 Å². The zero-order valence-corrected chi connectivity index (χ0v) is 12.2. The first-order chi connectivity index (χ1) is 8.65. The van der Waals surface area contributed by atoms with E-state index < -0.39 is 0 Å². The molecule has 98 valence electrons. The van der Waals surface area contributed by atoms with Crippen molar-refractivity contribution in [2.75, 3.05) is 13.1 Å². The SMILES string of the molecule is CC1CCN(C(=O)NCc2ccc(Br)cc2)CC1. The molecule has 4 heteroatoms. The summed E-state index contributed by atoms with van der Waals surface area (Å²) in [4.78, 5) is 13.9. The molecule has 2 amide bonds. The van der Waals surface area contributed by atoms with Crippen molar-refractivity contribution >= 4 is 22.0 Å². The van der Waals surface area contributed by atoms with Crippen LogP contribution in [0.5, 0.6) is 0 Å². The average molecular weight is 311 g/mol. The van der Waals surface area contributed by atoms with Gasteiger partial charge in [0.1, 0.15) is 0 Å². The third-order valence-corrected chi connectivity index (χ3v) is 3.96. The van der Waals surface area contributed by atoms with E-state index in [-0.39, 0.29) is 6.03 Å². The molecule has 1 aromatic carbocycles. The summed E-state index contributed by atoms with van der Waals surface area (Å²) in [5, 5.41) is 2.97. The molecule has 1 aliphatic heterocycles. The van der Waals surface area contributed by atoms with Crippen LogP contribution in [0, 0.1) is 5.92 Å². The van der Waals surface area contributed by atoms with Crippen molar-refractivity contribution in [3.05, 3.63) is 34.3 Å². The lowest BCUT2D eigenvalue weighted by Crippen LogP contribution is -2.43. The normalized spacial score (nSPS) is 16.7. The molecule has 1 aliphatic rings. The number of hydrogen-bond acceptors (Lipinski definition) is 1. The van der Waals surface area contributed by atoms with Crippen molar-refractivity contribution in [1.82, 2.24) is 10.2 Å². The van der Waals surface area contributed by atoms with Crippen molar-refractivity contribution in [3.8, 4) is 0 Å². The Morgan fingerprint density at radius 1 is 1.33 bits per heavy atom. The van der Waals surface area contributed by atoms with Crippen LogP contribution in [0.4, 0.5) is 4.79 Å². The first-order valence-corrected chi connectivity index (χ1v) is 7.21. The molecular formula is C14H19BrN2O. The number of piperidine rings is 1. The molecule has 1 fully saturated rings. The number of urea groups is 1. The Balaban J connectivity index is 1.79. The van der Waals surface area contributed by atoms with Crippen LogP contribution in [0.15, 0.2) is 28.7 Å². The Hall–Kier alpha value is -1.03. The van der Waals surface area contributed by atoms with Crippen molar-refractivity contribution in [1.29, 1.82) is 0 Å². The van der Waals surface area contributed by atoms with E-state index in [1.807, 2.05) is 29.2 Å². The molecule has 2 rings (SSSR count). The summed E-state index contributed by atoms with van der Waals surface area (Å²) in [6, 6.07) is 8.07. The Morgan fingerprint density at radius 3 is 2.56 bits per heavy atom. The topological polar surface area (TPSA) is 32.3 Å². The van der Waals surface area contributed by atoms with Crippen LogP contribution in [0.1, 0.15) is 25.3 Å². The van der Waals surface area contributed by atoms with Crippen LogP contribution in [0.2, 0.25) is 0 Å². The molecule has 0 aromatic heterocycles. The van der Waals surface area contributed by atoms with Gasteiger partial charge in [0.15, 0.2) is 0 Å². The average Bonchev–Trinajstić information content (AvgIpc) is 2.38. The van der Waals surface area contributed by atoms with Crippen LogP contribution in [0.3, 0.4) is 0 Å². The fraction of sp³-hybridized carbons (Fsp3) is 0.500.